The van der Waals surface area contributed by atoms with E-state index >= 15 is 0 Å². The largest absolute Gasteiger partial charge is 0.464 e. The molecule has 3 heterocycles. The maximum absolute atomic E-state index is 11.9. The van der Waals surface area contributed by atoms with Crippen LogP contribution in [-0.4, -0.2) is 36.1 Å². The van der Waals surface area contributed by atoms with Crippen molar-refractivity contribution < 1.29 is 17.9 Å². The molecule has 0 atom stereocenters. The highest BCUT2D eigenvalue weighted by Crippen LogP contribution is 2.28. The zero-order chi connectivity index (χ0) is 22.9. The lowest BCUT2D eigenvalue weighted by molar-refractivity contribution is 0.0593. The number of esters is 1. The first-order chi connectivity index (χ1) is 15.6. The van der Waals surface area contributed by atoms with Crippen molar-refractivity contribution >= 4 is 23.1 Å². The first-order valence-corrected chi connectivity index (χ1v) is 10.8. The van der Waals surface area contributed by atoms with Gasteiger partial charge in [0.05, 0.1) is 18.3 Å². The molecule has 0 aliphatic heterocycles. The highest BCUT2D eigenvalue weighted by atomic mass is 32.1. The van der Waals surface area contributed by atoms with Crippen LogP contribution in [0.4, 0.5) is 0 Å². The summed E-state index contributed by atoms with van der Waals surface area (Å²) in [6.45, 7) is 2.17. The molecule has 0 aliphatic carbocycles. The van der Waals surface area contributed by atoms with E-state index in [1.807, 2.05) is 34.8 Å². The van der Waals surface area contributed by atoms with Gasteiger partial charge in [0.2, 0.25) is 0 Å². The summed E-state index contributed by atoms with van der Waals surface area (Å²) in [4.78, 5) is 16.4. The third-order valence-corrected chi connectivity index (χ3v) is 4.94. The Bertz CT molecular complexity index is 1250. The molecule has 3 aromatic heterocycles. The molecule has 0 saturated heterocycles. The van der Waals surface area contributed by atoms with Crippen LogP contribution in [0.3, 0.4) is 0 Å². The SMILES string of the molecule is CCCc1ccc2c(Cc3cccc(C(=O)OC)n3)c(-c3ccccc3)nn2c1.O=S=O. The number of hydrogen-bond acceptors (Lipinski definition) is 6. The van der Waals surface area contributed by atoms with Crippen LogP contribution in [-0.2, 0) is 29.1 Å². The van der Waals surface area contributed by atoms with Gasteiger partial charge in [-0.1, -0.05) is 55.8 Å². The second kappa shape index (κ2) is 11.1. The van der Waals surface area contributed by atoms with Crippen LogP contribution >= 0.6 is 0 Å². The molecule has 0 saturated carbocycles. The summed E-state index contributed by atoms with van der Waals surface area (Å²) in [7, 11) is 1.36. The second-order valence-electron chi connectivity index (χ2n) is 7.06. The quantitative estimate of drug-likeness (QED) is 0.413. The van der Waals surface area contributed by atoms with Crippen LogP contribution in [0.5, 0.6) is 0 Å². The van der Waals surface area contributed by atoms with E-state index < -0.39 is 17.5 Å². The zero-order valence-corrected chi connectivity index (χ0v) is 18.7. The maximum atomic E-state index is 11.9. The molecule has 4 aromatic rings. The van der Waals surface area contributed by atoms with Crippen LogP contribution in [0.1, 0.15) is 40.7 Å². The molecule has 0 N–H and O–H groups in total. The number of benzene rings is 1. The molecule has 7 nitrogen and oxygen atoms in total. The van der Waals surface area contributed by atoms with Gasteiger partial charge in [0.15, 0.2) is 0 Å². The summed E-state index contributed by atoms with van der Waals surface area (Å²) in [6.07, 6.45) is 4.79. The van der Waals surface area contributed by atoms with Crippen molar-refractivity contribution in [3.8, 4) is 11.3 Å². The van der Waals surface area contributed by atoms with E-state index in [2.05, 4.69) is 42.4 Å². The number of methoxy groups -OCH3 is 1. The number of rotatable bonds is 6. The number of nitrogens with zero attached hydrogens (tertiary/aromatic N) is 3. The first-order valence-electron chi connectivity index (χ1n) is 10.1. The van der Waals surface area contributed by atoms with Gasteiger partial charge in [0, 0.05) is 29.4 Å². The lowest BCUT2D eigenvalue weighted by Gasteiger charge is -2.06. The summed E-state index contributed by atoms with van der Waals surface area (Å²) in [5.41, 5.74) is 6.52. The molecule has 0 aliphatic rings. The fraction of sp³-hybridized carbons (Fsp3) is 0.208. The Kier molecular flexibility index (Phi) is 7.99. The topological polar surface area (TPSA) is 90.6 Å². The Balaban J connectivity index is 0.000000913. The predicted molar refractivity (Wildman–Crippen MR) is 122 cm³/mol. The molecule has 0 unspecified atom stereocenters. The number of fused-ring (bicyclic) bond motifs is 1. The van der Waals surface area contributed by atoms with Gasteiger partial charge in [0.25, 0.3) is 0 Å². The number of aromatic nitrogens is 3. The van der Waals surface area contributed by atoms with E-state index in [0.717, 1.165) is 40.9 Å². The first kappa shape index (κ1) is 23.0. The van der Waals surface area contributed by atoms with Crippen LogP contribution in [0.2, 0.25) is 0 Å². The third kappa shape index (κ3) is 5.33. The zero-order valence-electron chi connectivity index (χ0n) is 17.9. The van der Waals surface area contributed by atoms with E-state index in [9.17, 15) is 4.79 Å². The van der Waals surface area contributed by atoms with Crippen molar-refractivity contribution in [2.75, 3.05) is 7.11 Å². The second-order valence-corrected chi connectivity index (χ2v) is 7.20. The van der Waals surface area contributed by atoms with Crippen molar-refractivity contribution in [1.29, 1.82) is 0 Å². The van der Waals surface area contributed by atoms with Crippen molar-refractivity contribution in [2.24, 2.45) is 0 Å². The summed E-state index contributed by atoms with van der Waals surface area (Å²) in [5.74, 6) is -0.431. The standard InChI is InChI=1S/C24H23N3O2.O2S/c1-3-8-17-13-14-22-20(15-19-11-7-12-21(25-19)24(28)29-2)23(26-27(22)16-17)18-9-5-4-6-10-18;1-3-2/h4-7,9-14,16H,3,8,15H2,1-2H3;. The van der Waals surface area contributed by atoms with Crippen molar-refractivity contribution in [3.63, 3.8) is 0 Å². The summed E-state index contributed by atoms with van der Waals surface area (Å²) in [5, 5.41) is 4.89. The van der Waals surface area contributed by atoms with Gasteiger partial charge in [-0.2, -0.15) is 13.5 Å². The van der Waals surface area contributed by atoms with Crippen molar-refractivity contribution in [3.05, 3.63) is 89.4 Å². The molecular formula is C24H23N3O4S. The van der Waals surface area contributed by atoms with Gasteiger partial charge in [0.1, 0.15) is 5.69 Å². The van der Waals surface area contributed by atoms with E-state index in [1.54, 1.807) is 6.07 Å². The Hall–Kier alpha value is -3.65. The van der Waals surface area contributed by atoms with Gasteiger partial charge < -0.3 is 4.74 Å². The molecule has 0 bridgehead atoms. The fourth-order valence-corrected chi connectivity index (χ4v) is 3.56. The minimum Gasteiger partial charge on any atom is -0.464 e. The number of hydrogen-bond donors (Lipinski definition) is 0. The molecule has 8 heteroatoms. The third-order valence-electron chi connectivity index (χ3n) is 4.94. The molecule has 164 valence electrons. The van der Waals surface area contributed by atoms with Gasteiger partial charge in [-0.05, 0) is 30.2 Å². The minimum atomic E-state index is -0.750. The number of pyridine rings is 2. The highest BCUT2D eigenvalue weighted by Gasteiger charge is 2.17. The molecule has 0 radical (unpaired) electrons. The van der Waals surface area contributed by atoms with E-state index in [4.69, 9.17) is 18.3 Å². The minimum absolute atomic E-state index is 0.313. The monoisotopic (exact) mass is 449 g/mol. The smallest absolute Gasteiger partial charge is 0.356 e. The molecule has 1 aromatic carbocycles. The molecule has 4 rings (SSSR count). The lowest BCUT2D eigenvalue weighted by Crippen LogP contribution is -2.06. The number of ether oxygens (including phenoxy) is 1. The number of aryl methyl sites for hydroxylation is 1. The van der Waals surface area contributed by atoms with Crippen LogP contribution < -0.4 is 0 Å². The van der Waals surface area contributed by atoms with Crippen molar-refractivity contribution in [2.45, 2.75) is 26.2 Å². The van der Waals surface area contributed by atoms with Gasteiger partial charge >= 0.3 is 17.5 Å². The molecule has 0 spiro atoms. The lowest BCUT2D eigenvalue weighted by atomic mass is 10.0. The van der Waals surface area contributed by atoms with E-state index in [0.29, 0.717) is 12.1 Å². The summed E-state index contributed by atoms with van der Waals surface area (Å²) >= 11 is -0.750. The van der Waals surface area contributed by atoms with Gasteiger partial charge in [-0.25, -0.2) is 14.3 Å². The highest BCUT2D eigenvalue weighted by molar-refractivity contribution is 7.51. The molecular weight excluding hydrogens is 426 g/mol. The molecule has 0 fully saturated rings. The molecule has 0 amide bonds. The normalized spacial score (nSPS) is 10.3. The van der Waals surface area contributed by atoms with Crippen LogP contribution in [0, 0.1) is 0 Å². The Morgan fingerprint density at radius 1 is 1.03 bits per heavy atom. The Labute approximate surface area is 189 Å². The van der Waals surface area contributed by atoms with Crippen LogP contribution in [0.25, 0.3) is 16.8 Å². The maximum Gasteiger partial charge on any atom is 0.356 e. The van der Waals surface area contributed by atoms with Gasteiger partial charge in [-0.15, -0.1) is 0 Å². The fourth-order valence-electron chi connectivity index (χ4n) is 3.56. The number of carbonyl (C=O) groups excluding carboxylic acids is 1. The van der Waals surface area contributed by atoms with E-state index in [1.165, 1.54) is 12.7 Å². The predicted octanol–water partition coefficient (Wildman–Crippen LogP) is 4.06. The number of carbonyl (C=O) groups is 1. The van der Waals surface area contributed by atoms with Crippen molar-refractivity contribution in [1.82, 2.24) is 14.6 Å². The Morgan fingerprint density at radius 2 is 1.78 bits per heavy atom. The van der Waals surface area contributed by atoms with Gasteiger partial charge in [-0.3, -0.25) is 0 Å². The average Bonchev–Trinajstić information content (AvgIpc) is 3.17. The summed E-state index contributed by atoms with van der Waals surface area (Å²) in [6, 6.07) is 19.9. The molecule has 32 heavy (non-hydrogen) atoms. The van der Waals surface area contributed by atoms with E-state index in [-0.39, 0.29) is 0 Å². The Morgan fingerprint density at radius 3 is 2.47 bits per heavy atom. The average molecular weight is 450 g/mol. The van der Waals surface area contributed by atoms with Crippen LogP contribution in [0.15, 0.2) is 66.9 Å². The summed E-state index contributed by atoms with van der Waals surface area (Å²) < 4.78 is 23.4.